The molecule has 0 saturated heterocycles. The van der Waals surface area contributed by atoms with Gasteiger partial charge in [0.2, 0.25) is 0 Å². The maximum atomic E-state index is 6.74. The number of hydrogen-bond donors (Lipinski definition) is 0. The lowest BCUT2D eigenvalue weighted by Crippen LogP contribution is -2.32. The van der Waals surface area contributed by atoms with E-state index in [4.69, 9.17) is 4.74 Å². The summed E-state index contributed by atoms with van der Waals surface area (Å²) >= 11 is 0. The van der Waals surface area contributed by atoms with Gasteiger partial charge >= 0.3 is 0 Å². The average molecular weight is 735 g/mol. The van der Waals surface area contributed by atoms with Crippen molar-refractivity contribution in [2.24, 2.45) is 0 Å². The molecule has 274 valence electrons. The minimum Gasteiger partial charge on any atom is -0.453 e. The van der Waals surface area contributed by atoms with Crippen molar-refractivity contribution in [1.82, 2.24) is 0 Å². The molecule has 1 aliphatic carbocycles. The molecule has 8 aromatic rings. The molecule has 0 spiro atoms. The van der Waals surface area contributed by atoms with Crippen LogP contribution in [0.3, 0.4) is 0 Å². The van der Waals surface area contributed by atoms with Gasteiger partial charge in [-0.25, -0.2) is 0 Å². The Morgan fingerprint density at radius 2 is 0.930 bits per heavy atom. The number of para-hydroxylation sites is 1. The van der Waals surface area contributed by atoms with Crippen molar-refractivity contribution in [2.45, 2.75) is 38.5 Å². The molecule has 0 atom stereocenters. The third kappa shape index (κ3) is 5.05. The van der Waals surface area contributed by atoms with Crippen molar-refractivity contribution in [3.63, 3.8) is 0 Å². The molecular weight excluding hydrogens is 693 g/mol. The highest BCUT2D eigenvalue weighted by Crippen LogP contribution is 2.61. The third-order valence-corrected chi connectivity index (χ3v) is 12.6. The van der Waals surface area contributed by atoms with Crippen LogP contribution < -0.4 is 14.5 Å². The number of anilines is 6. The Balaban J connectivity index is 1.08. The van der Waals surface area contributed by atoms with Crippen LogP contribution in [0.4, 0.5) is 34.1 Å². The van der Waals surface area contributed by atoms with Gasteiger partial charge in [0.05, 0.1) is 17.1 Å². The van der Waals surface area contributed by atoms with Crippen LogP contribution in [0.15, 0.2) is 182 Å². The van der Waals surface area contributed by atoms with E-state index in [1.807, 2.05) is 0 Å². The first-order valence-electron chi connectivity index (χ1n) is 19.9. The topological polar surface area (TPSA) is 15.7 Å². The minimum atomic E-state index is -0.303. The van der Waals surface area contributed by atoms with Crippen molar-refractivity contribution in [2.75, 3.05) is 9.80 Å². The van der Waals surface area contributed by atoms with Gasteiger partial charge in [-0.2, -0.15) is 0 Å². The van der Waals surface area contributed by atoms with Crippen molar-refractivity contribution >= 4 is 34.1 Å². The monoisotopic (exact) mass is 734 g/mol. The van der Waals surface area contributed by atoms with Crippen molar-refractivity contribution in [3.8, 4) is 44.9 Å². The Morgan fingerprint density at radius 1 is 0.386 bits per heavy atom. The van der Waals surface area contributed by atoms with Crippen molar-refractivity contribution < 1.29 is 4.74 Å². The second-order valence-electron chi connectivity index (χ2n) is 16.6. The van der Waals surface area contributed by atoms with Crippen molar-refractivity contribution in [3.05, 3.63) is 204 Å². The lowest BCUT2D eigenvalue weighted by atomic mass is 9.73. The van der Waals surface area contributed by atoms with Gasteiger partial charge in [-0.05, 0) is 116 Å². The summed E-state index contributed by atoms with van der Waals surface area (Å²) in [5, 5.41) is 0. The maximum Gasteiger partial charge on any atom is 0.152 e. The number of hydrogen-bond acceptors (Lipinski definition) is 3. The molecule has 3 heteroatoms. The SMILES string of the molecule is CC1(C)c2ccccc2-c2ccc(N(c3ccc(-c4ccccc4)cc3)c3ccc4c(c3)C(C)(C)c3cccc5c3N4c3ccc(-c4ccccc4)cc3O5)cc21. The maximum absolute atomic E-state index is 6.74. The number of nitrogens with zero attached hydrogens (tertiary/aromatic N) is 2. The molecular formula is C54H42N2O. The molecule has 0 radical (unpaired) electrons. The van der Waals surface area contributed by atoms with E-state index in [-0.39, 0.29) is 10.8 Å². The van der Waals surface area contributed by atoms with E-state index in [0.717, 1.165) is 45.5 Å². The Kier molecular flexibility index (Phi) is 7.25. The lowest BCUT2D eigenvalue weighted by molar-refractivity contribution is 0.471. The Morgan fingerprint density at radius 3 is 1.68 bits per heavy atom. The molecule has 8 aromatic carbocycles. The number of rotatable bonds is 5. The number of benzene rings is 8. The Labute approximate surface area is 335 Å². The first-order valence-corrected chi connectivity index (χ1v) is 19.9. The highest BCUT2D eigenvalue weighted by Gasteiger charge is 2.42. The molecule has 0 bridgehead atoms. The molecule has 2 heterocycles. The van der Waals surface area contributed by atoms with Gasteiger partial charge in [-0.1, -0.05) is 149 Å². The molecule has 0 N–H and O–H groups in total. The zero-order valence-corrected chi connectivity index (χ0v) is 32.6. The van der Waals surface area contributed by atoms with Gasteiger partial charge in [-0.3, -0.25) is 0 Å². The summed E-state index contributed by atoms with van der Waals surface area (Å²) < 4.78 is 6.74. The summed E-state index contributed by atoms with van der Waals surface area (Å²) in [5.74, 6) is 1.74. The van der Waals surface area contributed by atoms with Gasteiger partial charge in [0, 0.05) is 27.9 Å². The van der Waals surface area contributed by atoms with Crippen LogP contribution >= 0.6 is 0 Å². The van der Waals surface area contributed by atoms with E-state index in [9.17, 15) is 0 Å². The normalized spacial score (nSPS) is 14.7. The molecule has 11 rings (SSSR count). The van der Waals surface area contributed by atoms with Gasteiger partial charge in [0.15, 0.2) is 11.5 Å². The van der Waals surface area contributed by atoms with Gasteiger partial charge in [-0.15, -0.1) is 0 Å². The molecule has 0 unspecified atom stereocenters. The molecule has 57 heavy (non-hydrogen) atoms. The Bertz CT molecular complexity index is 2870. The fourth-order valence-corrected chi connectivity index (χ4v) is 9.64. The van der Waals surface area contributed by atoms with Crippen LogP contribution in [-0.4, -0.2) is 0 Å². The molecule has 3 nitrogen and oxygen atoms in total. The molecule has 3 aliphatic rings. The summed E-state index contributed by atoms with van der Waals surface area (Å²) in [5.41, 5.74) is 18.9. The molecule has 0 saturated carbocycles. The minimum absolute atomic E-state index is 0.117. The molecule has 2 aliphatic heterocycles. The van der Waals surface area contributed by atoms with Crippen LogP contribution in [0.5, 0.6) is 11.5 Å². The largest absolute Gasteiger partial charge is 0.453 e. The molecule has 0 aromatic heterocycles. The van der Waals surface area contributed by atoms with E-state index in [1.54, 1.807) is 0 Å². The highest BCUT2D eigenvalue weighted by atomic mass is 16.5. The van der Waals surface area contributed by atoms with E-state index >= 15 is 0 Å². The highest BCUT2D eigenvalue weighted by molar-refractivity contribution is 5.95. The smallest absolute Gasteiger partial charge is 0.152 e. The second-order valence-corrected chi connectivity index (χ2v) is 16.6. The van der Waals surface area contributed by atoms with Crippen LogP contribution in [-0.2, 0) is 10.8 Å². The van der Waals surface area contributed by atoms with Crippen LogP contribution in [0.25, 0.3) is 33.4 Å². The number of ether oxygens (including phenoxy) is 1. The summed E-state index contributed by atoms with van der Waals surface area (Å²) in [7, 11) is 0. The fraction of sp³-hybridized carbons (Fsp3) is 0.111. The summed E-state index contributed by atoms with van der Waals surface area (Å²) in [4.78, 5) is 4.87. The van der Waals surface area contributed by atoms with Crippen LogP contribution in [0, 0.1) is 0 Å². The van der Waals surface area contributed by atoms with Crippen LogP contribution in [0.2, 0.25) is 0 Å². The van der Waals surface area contributed by atoms with Gasteiger partial charge in [0.25, 0.3) is 0 Å². The average Bonchev–Trinajstić information content (AvgIpc) is 3.48. The Hall–Kier alpha value is -6.84. The van der Waals surface area contributed by atoms with Crippen molar-refractivity contribution in [1.29, 1.82) is 0 Å². The molecule has 0 amide bonds. The molecule has 0 fully saturated rings. The zero-order valence-electron chi connectivity index (χ0n) is 32.6. The van der Waals surface area contributed by atoms with E-state index in [2.05, 4.69) is 219 Å². The quantitative estimate of drug-likeness (QED) is 0.175. The number of fused-ring (bicyclic) bond motifs is 7. The van der Waals surface area contributed by atoms with Gasteiger partial charge < -0.3 is 14.5 Å². The van der Waals surface area contributed by atoms with E-state index in [0.29, 0.717) is 0 Å². The van der Waals surface area contributed by atoms with E-state index in [1.165, 1.54) is 55.8 Å². The fourth-order valence-electron chi connectivity index (χ4n) is 9.64. The van der Waals surface area contributed by atoms with Crippen LogP contribution in [0.1, 0.15) is 49.9 Å². The zero-order chi connectivity index (χ0) is 38.5. The summed E-state index contributed by atoms with van der Waals surface area (Å²) in [6, 6.07) is 66.3. The summed E-state index contributed by atoms with van der Waals surface area (Å²) in [6.07, 6.45) is 0. The first-order chi connectivity index (χ1) is 27.8. The second kappa shape index (κ2) is 12.3. The third-order valence-electron chi connectivity index (χ3n) is 12.6. The van der Waals surface area contributed by atoms with E-state index < -0.39 is 0 Å². The standard InChI is InChI=1S/C54H42N2O/c1-53(2)44-19-12-11-18-42(44)43-29-27-40(33-46(43)53)55(39-25-22-37(23-26-39)35-14-7-5-8-15-35)41-28-31-48-47(34-41)54(3,4)45-20-13-21-50-52(45)56(48)49-30-24-38(32-51(49)57-50)36-16-9-6-10-17-36/h5-34H,1-4H3. The predicted octanol–water partition coefficient (Wildman–Crippen LogP) is 15.0. The predicted molar refractivity (Wildman–Crippen MR) is 236 cm³/mol. The summed E-state index contributed by atoms with van der Waals surface area (Å²) in [6.45, 7) is 9.42. The van der Waals surface area contributed by atoms with Gasteiger partial charge in [0.1, 0.15) is 0 Å². The lowest BCUT2D eigenvalue weighted by Gasteiger charge is -2.45. The first kappa shape index (κ1) is 33.5.